The van der Waals surface area contributed by atoms with Crippen molar-refractivity contribution in [2.75, 3.05) is 12.4 Å². The molecule has 0 saturated heterocycles. The molecule has 3 heteroatoms. The summed E-state index contributed by atoms with van der Waals surface area (Å²) in [5.74, 6) is -0.0292. The molecule has 0 aliphatic rings. The first-order valence-corrected chi connectivity index (χ1v) is 8.80. The zero-order valence-electron chi connectivity index (χ0n) is 15.2. The predicted octanol–water partition coefficient (Wildman–Crippen LogP) is 4.81. The zero-order chi connectivity index (χ0) is 18.4. The van der Waals surface area contributed by atoms with Crippen LogP contribution in [0.3, 0.4) is 0 Å². The third-order valence-electron chi connectivity index (χ3n) is 4.40. The molecule has 0 aliphatic carbocycles. The minimum Gasteiger partial charge on any atom is -0.324 e. The van der Waals surface area contributed by atoms with Gasteiger partial charge in [-0.25, -0.2) is 0 Å². The molecule has 3 aromatic carbocycles. The van der Waals surface area contributed by atoms with Crippen LogP contribution in [-0.2, 0) is 11.3 Å². The lowest BCUT2D eigenvalue weighted by Gasteiger charge is -2.27. The van der Waals surface area contributed by atoms with Crippen molar-refractivity contribution in [1.29, 1.82) is 0 Å². The number of nitrogens with zero attached hydrogens (tertiary/aromatic N) is 1. The van der Waals surface area contributed by atoms with Gasteiger partial charge in [0.2, 0.25) is 5.91 Å². The summed E-state index contributed by atoms with van der Waals surface area (Å²) in [5, 5.41) is 3.05. The molecule has 0 radical (unpaired) electrons. The average Bonchev–Trinajstić information content (AvgIpc) is 2.65. The number of nitrogens with one attached hydrogen (secondary N) is 1. The maximum absolute atomic E-state index is 13.1. The summed E-state index contributed by atoms with van der Waals surface area (Å²) in [7, 11) is 1.99. The normalized spacial score (nSPS) is 12.0. The molecule has 132 valence electrons. The molecule has 3 rings (SSSR count). The van der Waals surface area contributed by atoms with E-state index in [0.29, 0.717) is 6.54 Å². The van der Waals surface area contributed by atoms with Gasteiger partial charge in [0.15, 0.2) is 0 Å². The van der Waals surface area contributed by atoms with Gasteiger partial charge < -0.3 is 5.32 Å². The minimum atomic E-state index is -0.363. The molecule has 0 aliphatic heterocycles. The summed E-state index contributed by atoms with van der Waals surface area (Å²) in [6.45, 7) is 2.73. The van der Waals surface area contributed by atoms with Crippen molar-refractivity contribution >= 4 is 11.6 Å². The predicted molar refractivity (Wildman–Crippen MR) is 107 cm³/mol. The molecular formula is C23H24N2O. The molecule has 0 saturated carbocycles. The molecule has 0 bridgehead atoms. The molecule has 3 aromatic rings. The monoisotopic (exact) mass is 344 g/mol. The Balaban J connectivity index is 1.83. The number of amides is 1. The number of rotatable bonds is 6. The standard InChI is InChI=1S/C23H24N2O/c1-18-13-15-21(16-14-18)24-23(26)22(20-11-7-4-8-12-20)25(2)17-19-9-5-3-6-10-19/h3-16,22H,17H2,1-2H3,(H,24,26)/t22-/m1/s1. The van der Waals surface area contributed by atoms with Crippen molar-refractivity contribution in [2.45, 2.75) is 19.5 Å². The fourth-order valence-electron chi connectivity index (χ4n) is 3.05. The molecule has 0 unspecified atom stereocenters. The van der Waals surface area contributed by atoms with E-state index in [0.717, 1.165) is 11.3 Å². The molecule has 0 spiro atoms. The highest BCUT2D eigenvalue weighted by Gasteiger charge is 2.25. The molecule has 0 aromatic heterocycles. The topological polar surface area (TPSA) is 32.3 Å². The van der Waals surface area contributed by atoms with E-state index < -0.39 is 0 Å². The summed E-state index contributed by atoms with van der Waals surface area (Å²) in [5.41, 5.74) is 4.15. The van der Waals surface area contributed by atoms with Crippen molar-refractivity contribution in [3.05, 3.63) is 102 Å². The third-order valence-corrected chi connectivity index (χ3v) is 4.40. The fraction of sp³-hybridized carbons (Fsp3) is 0.174. The van der Waals surface area contributed by atoms with Crippen LogP contribution >= 0.6 is 0 Å². The maximum atomic E-state index is 13.1. The van der Waals surface area contributed by atoms with E-state index >= 15 is 0 Å². The van der Waals surface area contributed by atoms with E-state index in [1.54, 1.807) is 0 Å². The highest BCUT2D eigenvalue weighted by atomic mass is 16.2. The van der Waals surface area contributed by atoms with Gasteiger partial charge in [-0.05, 0) is 37.2 Å². The van der Waals surface area contributed by atoms with Gasteiger partial charge in [0.1, 0.15) is 6.04 Å². The lowest BCUT2D eigenvalue weighted by atomic mass is 10.0. The van der Waals surface area contributed by atoms with Crippen molar-refractivity contribution in [3.63, 3.8) is 0 Å². The van der Waals surface area contributed by atoms with E-state index in [2.05, 4.69) is 22.3 Å². The first-order chi connectivity index (χ1) is 12.6. The Labute approximate surface area is 155 Å². The Hall–Kier alpha value is -2.91. The van der Waals surface area contributed by atoms with Crippen LogP contribution in [0.15, 0.2) is 84.9 Å². The number of benzene rings is 3. The molecule has 26 heavy (non-hydrogen) atoms. The van der Waals surface area contributed by atoms with Crippen molar-refractivity contribution < 1.29 is 4.79 Å². The number of hydrogen-bond donors (Lipinski definition) is 1. The van der Waals surface area contributed by atoms with Crippen LogP contribution in [-0.4, -0.2) is 17.9 Å². The number of carbonyl (C=O) groups excluding carboxylic acids is 1. The van der Waals surface area contributed by atoms with Gasteiger partial charge >= 0.3 is 0 Å². The van der Waals surface area contributed by atoms with E-state index in [9.17, 15) is 4.79 Å². The van der Waals surface area contributed by atoms with Crippen molar-refractivity contribution in [3.8, 4) is 0 Å². The van der Waals surface area contributed by atoms with E-state index in [1.165, 1.54) is 11.1 Å². The summed E-state index contributed by atoms with van der Waals surface area (Å²) in [6.07, 6.45) is 0. The fourth-order valence-corrected chi connectivity index (χ4v) is 3.05. The SMILES string of the molecule is Cc1ccc(NC(=O)[C@@H](c2ccccc2)N(C)Cc2ccccc2)cc1. The van der Waals surface area contributed by atoms with Crippen LogP contribution in [0.4, 0.5) is 5.69 Å². The van der Waals surface area contributed by atoms with Gasteiger partial charge in [0.25, 0.3) is 0 Å². The Morgan fingerprint density at radius 1 is 0.885 bits per heavy atom. The third kappa shape index (κ3) is 4.58. The Morgan fingerprint density at radius 3 is 2.08 bits per heavy atom. The number of hydrogen-bond acceptors (Lipinski definition) is 2. The van der Waals surface area contributed by atoms with Gasteiger partial charge in [-0.2, -0.15) is 0 Å². The highest BCUT2D eigenvalue weighted by molar-refractivity contribution is 5.95. The van der Waals surface area contributed by atoms with Crippen LogP contribution in [0.5, 0.6) is 0 Å². The van der Waals surface area contributed by atoms with E-state index in [4.69, 9.17) is 0 Å². The first kappa shape index (κ1) is 17.9. The van der Waals surface area contributed by atoms with E-state index in [1.807, 2.05) is 86.8 Å². The summed E-state index contributed by atoms with van der Waals surface area (Å²) in [6, 6.07) is 27.6. The maximum Gasteiger partial charge on any atom is 0.246 e. The Morgan fingerprint density at radius 2 is 1.46 bits per heavy atom. The molecule has 1 N–H and O–H groups in total. The van der Waals surface area contributed by atoms with Gasteiger partial charge in [0.05, 0.1) is 0 Å². The van der Waals surface area contributed by atoms with Gasteiger partial charge in [-0.1, -0.05) is 78.4 Å². The second-order valence-electron chi connectivity index (χ2n) is 6.57. The van der Waals surface area contributed by atoms with Crippen LogP contribution in [0.25, 0.3) is 0 Å². The first-order valence-electron chi connectivity index (χ1n) is 8.80. The molecule has 1 atom stereocenters. The van der Waals surface area contributed by atoms with Gasteiger partial charge in [0, 0.05) is 12.2 Å². The largest absolute Gasteiger partial charge is 0.324 e. The Bertz CT molecular complexity index is 829. The zero-order valence-corrected chi connectivity index (χ0v) is 15.2. The van der Waals surface area contributed by atoms with E-state index in [-0.39, 0.29) is 11.9 Å². The number of carbonyl (C=O) groups is 1. The number of likely N-dealkylation sites (N-methyl/N-ethyl adjacent to an activating group) is 1. The van der Waals surface area contributed by atoms with Crippen LogP contribution in [0.2, 0.25) is 0 Å². The Kier molecular flexibility index (Phi) is 5.82. The second-order valence-corrected chi connectivity index (χ2v) is 6.57. The van der Waals surface area contributed by atoms with Crippen LogP contribution in [0.1, 0.15) is 22.7 Å². The second kappa shape index (κ2) is 8.45. The summed E-state index contributed by atoms with van der Waals surface area (Å²) in [4.78, 5) is 15.2. The van der Waals surface area contributed by atoms with Crippen molar-refractivity contribution in [2.24, 2.45) is 0 Å². The average molecular weight is 344 g/mol. The number of anilines is 1. The molecule has 3 nitrogen and oxygen atoms in total. The molecule has 0 heterocycles. The van der Waals surface area contributed by atoms with Crippen molar-refractivity contribution in [1.82, 2.24) is 4.90 Å². The smallest absolute Gasteiger partial charge is 0.246 e. The molecular weight excluding hydrogens is 320 g/mol. The lowest BCUT2D eigenvalue weighted by molar-refractivity contribution is -0.121. The van der Waals surface area contributed by atoms with Crippen LogP contribution in [0, 0.1) is 6.92 Å². The van der Waals surface area contributed by atoms with Gasteiger partial charge in [-0.15, -0.1) is 0 Å². The lowest BCUT2D eigenvalue weighted by Crippen LogP contribution is -2.34. The number of aryl methyl sites for hydroxylation is 1. The van der Waals surface area contributed by atoms with Crippen LogP contribution < -0.4 is 5.32 Å². The molecule has 1 amide bonds. The molecule has 0 fully saturated rings. The summed E-state index contributed by atoms with van der Waals surface area (Å²) >= 11 is 0. The highest BCUT2D eigenvalue weighted by Crippen LogP contribution is 2.23. The minimum absolute atomic E-state index is 0.0292. The van der Waals surface area contributed by atoms with Gasteiger partial charge in [-0.3, -0.25) is 9.69 Å². The summed E-state index contributed by atoms with van der Waals surface area (Å²) < 4.78 is 0. The quantitative estimate of drug-likeness (QED) is 0.696.